The van der Waals surface area contributed by atoms with Crippen molar-refractivity contribution in [3.05, 3.63) is 76.7 Å². The zero-order valence-corrected chi connectivity index (χ0v) is 18.3. The first kappa shape index (κ1) is 21.1. The summed E-state index contributed by atoms with van der Waals surface area (Å²) in [5.41, 5.74) is 3.85. The molecule has 6 heteroatoms. The Bertz CT molecular complexity index is 1010. The third-order valence-electron chi connectivity index (χ3n) is 5.82. The predicted octanol–water partition coefficient (Wildman–Crippen LogP) is 4.78. The molecular weight excluding hydrogens is 388 g/mol. The van der Waals surface area contributed by atoms with Crippen molar-refractivity contribution in [2.45, 2.75) is 52.0 Å². The molecule has 1 saturated heterocycles. The smallest absolute Gasteiger partial charge is 0.318 e. The topological polar surface area (TPSA) is 71.3 Å². The van der Waals surface area contributed by atoms with E-state index in [0.29, 0.717) is 23.9 Å². The zero-order chi connectivity index (χ0) is 21.6. The first-order valence-corrected chi connectivity index (χ1v) is 11.1. The number of carbonyl (C=O) groups is 1. The molecule has 0 radical (unpaired) electrons. The van der Waals surface area contributed by atoms with Gasteiger partial charge in [-0.3, -0.25) is 4.79 Å². The van der Waals surface area contributed by atoms with Gasteiger partial charge < -0.3 is 14.6 Å². The maximum absolute atomic E-state index is 13.1. The molecule has 31 heavy (non-hydrogen) atoms. The van der Waals surface area contributed by atoms with Crippen LogP contribution in [-0.2, 0) is 6.42 Å². The number of aryl methyl sites for hydroxylation is 2. The van der Waals surface area contributed by atoms with Gasteiger partial charge in [-0.1, -0.05) is 66.0 Å². The van der Waals surface area contributed by atoms with Crippen molar-refractivity contribution in [2.24, 2.45) is 0 Å². The van der Waals surface area contributed by atoms with E-state index in [0.717, 1.165) is 42.6 Å². The van der Waals surface area contributed by atoms with E-state index in [4.69, 9.17) is 4.42 Å². The summed E-state index contributed by atoms with van der Waals surface area (Å²) < 4.78 is 6.09. The minimum atomic E-state index is -0.399. The van der Waals surface area contributed by atoms with Crippen LogP contribution in [0.2, 0.25) is 0 Å². The molecule has 0 unspecified atom stereocenters. The molecule has 0 saturated carbocycles. The Hall–Kier alpha value is -3.15. The van der Waals surface area contributed by atoms with Crippen molar-refractivity contribution in [2.75, 3.05) is 18.0 Å². The van der Waals surface area contributed by atoms with Gasteiger partial charge in [0.15, 0.2) is 0 Å². The van der Waals surface area contributed by atoms with Gasteiger partial charge in [-0.25, -0.2) is 0 Å². The summed E-state index contributed by atoms with van der Waals surface area (Å²) in [7, 11) is 0. The molecule has 6 nitrogen and oxygen atoms in total. The summed E-state index contributed by atoms with van der Waals surface area (Å²) in [4.78, 5) is 15.3. The van der Waals surface area contributed by atoms with E-state index >= 15 is 0 Å². The van der Waals surface area contributed by atoms with Crippen LogP contribution in [0.4, 0.5) is 6.01 Å². The van der Waals surface area contributed by atoms with Crippen molar-refractivity contribution < 1.29 is 9.21 Å². The predicted molar refractivity (Wildman–Crippen MR) is 121 cm³/mol. The molecule has 2 heterocycles. The van der Waals surface area contributed by atoms with Crippen LogP contribution in [0, 0.1) is 13.8 Å². The lowest BCUT2D eigenvalue weighted by atomic mass is 10.0. The lowest BCUT2D eigenvalue weighted by molar-refractivity contribution is 0.0929. The Labute approximate surface area is 183 Å². The SMILES string of the molecule is Cc1ccc(C(=O)N[C@@H](Cc2ccccc2)c2nnc(N3CCCCCC3)o2)c(C)c1. The molecule has 1 aliphatic heterocycles. The summed E-state index contributed by atoms with van der Waals surface area (Å²) in [5.74, 6) is 0.314. The van der Waals surface area contributed by atoms with Crippen molar-refractivity contribution in [1.29, 1.82) is 0 Å². The maximum atomic E-state index is 13.1. The number of benzene rings is 2. The summed E-state index contributed by atoms with van der Waals surface area (Å²) in [6, 6.07) is 16.1. The van der Waals surface area contributed by atoms with Crippen LogP contribution < -0.4 is 10.2 Å². The van der Waals surface area contributed by atoms with E-state index in [9.17, 15) is 4.79 Å². The molecule has 0 aliphatic carbocycles. The molecule has 1 fully saturated rings. The molecule has 0 bridgehead atoms. The zero-order valence-electron chi connectivity index (χ0n) is 18.3. The highest BCUT2D eigenvalue weighted by Crippen LogP contribution is 2.24. The van der Waals surface area contributed by atoms with Crippen molar-refractivity contribution in [3.8, 4) is 0 Å². The lowest BCUT2D eigenvalue weighted by Crippen LogP contribution is -2.30. The third kappa shape index (κ3) is 5.32. The van der Waals surface area contributed by atoms with Crippen molar-refractivity contribution >= 4 is 11.9 Å². The molecule has 1 amide bonds. The standard InChI is InChI=1S/C25H30N4O2/c1-18-12-13-21(19(2)16-18)23(30)26-22(17-20-10-6-5-7-11-20)24-27-28-25(31-24)29-14-8-3-4-9-15-29/h5-7,10-13,16,22H,3-4,8-9,14-15,17H2,1-2H3,(H,26,30)/t22-/m0/s1. The fourth-order valence-electron chi connectivity index (χ4n) is 4.11. The highest BCUT2D eigenvalue weighted by atomic mass is 16.4. The number of anilines is 1. The largest absolute Gasteiger partial charge is 0.406 e. The fraction of sp³-hybridized carbons (Fsp3) is 0.400. The summed E-state index contributed by atoms with van der Waals surface area (Å²) in [6.45, 7) is 5.84. The van der Waals surface area contributed by atoms with Gasteiger partial charge in [-0.15, -0.1) is 5.10 Å². The van der Waals surface area contributed by atoms with Crippen LogP contribution in [-0.4, -0.2) is 29.2 Å². The highest BCUT2D eigenvalue weighted by molar-refractivity contribution is 5.95. The van der Waals surface area contributed by atoms with E-state index in [1.165, 1.54) is 12.8 Å². The molecule has 162 valence electrons. The second kappa shape index (κ2) is 9.77. The number of aromatic nitrogens is 2. The van der Waals surface area contributed by atoms with Gasteiger partial charge in [0.1, 0.15) is 6.04 Å². The number of rotatable bonds is 6. The van der Waals surface area contributed by atoms with Gasteiger partial charge in [0.25, 0.3) is 5.91 Å². The molecule has 1 aromatic heterocycles. The summed E-state index contributed by atoms with van der Waals surface area (Å²) in [5, 5.41) is 11.8. The van der Waals surface area contributed by atoms with E-state index in [-0.39, 0.29) is 5.91 Å². The minimum Gasteiger partial charge on any atom is -0.406 e. The van der Waals surface area contributed by atoms with E-state index in [1.54, 1.807) is 0 Å². The number of hydrogen-bond donors (Lipinski definition) is 1. The Balaban J connectivity index is 1.57. The molecule has 2 aromatic carbocycles. The normalized spacial score (nSPS) is 15.4. The fourth-order valence-corrected chi connectivity index (χ4v) is 4.11. The third-order valence-corrected chi connectivity index (χ3v) is 5.82. The number of amides is 1. The first-order valence-electron chi connectivity index (χ1n) is 11.1. The summed E-state index contributed by atoms with van der Waals surface area (Å²) in [6.07, 6.45) is 5.32. The maximum Gasteiger partial charge on any atom is 0.318 e. The molecule has 4 rings (SSSR count). The first-order chi connectivity index (χ1) is 15.1. The quantitative estimate of drug-likeness (QED) is 0.624. The van der Waals surface area contributed by atoms with Gasteiger partial charge in [0.2, 0.25) is 5.89 Å². The second-order valence-corrected chi connectivity index (χ2v) is 8.36. The molecular formula is C25H30N4O2. The molecule has 3 aromatic rings. The van der Waals surface area contributed by atoms with Gasteiger partial charge in [-0.2, -0.15) is 0 Å². The Morgan fingerprint density at radius 1 is 1.03 bits per heavy atom. The molecule has 1 atom stereocenters. The van der Waals surface area contributed by atoms with Crippen LogP contribution in [0.3, 0.4) is 0 Å². The van der Waals surface area contributed by atoms with Crippen LogP contribution in [0.15, 0.2) is 52.9 Å². The number of carbonyl (C=O) groups excluding carboxylic acids is 1. The van der Waals surface area contributed by atoms with Crippen molar-refractivity contribution in [1.82, 2.24) is 15.5 Å². The second-order valence-electron chi connectivity index (χ2n) is 8.36. The lowest BCUT2D eigenvalue weighted by Gasteiger charge is -2.18. The van der Waals surface area contributed by atoms with Crippen molar-refractivity contribution in [3.63, 3.8) is 0 Å². The van der Waals surface area contributed by atoms with Crippen LogP contribution in [0.25, 0.3) is 0 Å². The Morgan fingerprint density at radius 3 is 2.48 bits per heavy atom. The minimum absolute atomic E-state index is 0.132. The van der Waals surface area contributed by atoms with Gasteiger partial charge in [-0.05, 0) is 43.9 Å². The average Bonchev–Trinajstić information content (AvgIpc) is 3.09. The van der Waals surface area contributed by atoms with E-state index < -0.39 is 6.04 Å². The number of nitrogens with zero attached hydrogens (tertiary/aromatic N) is 3. The molecule has 1 N–H and O–H groups in total. The Morgan fingerprint density at radius 2 is 1.77 bits per heavy atom. The van der Waals surface area contributed by atoms with Crippen LogP contribution in [0.1, 0.15) is 64.7 Å². The van der Waals surface area contributed by atoms with Gasteiger partial charge >= 0.3 is 6.01 Å². The number of hydrogen-bond acceptors (Lipinski definition) is 5. The van der Waals surface area contributed by atoms with Crippen LogP contribution >= 0.6 is 0 Å². The monoisotopic (exact) mass is 418 g/mol. The molecule has 1 aliphatic rings. The average molecular weight is 419 g/mol. The highest BCUT2D eigenvalue weighted by Gasteiger charge is 2.25. The summed E-state index contributed by atoms with van der Waals surface area (Å²) >= 11 is 0. The number of nitrogens with one attached hydrogen (secondary N) is 1. The molecule has 0 spiro atoms. The van der Waals surface area contributed by atoms with E-state index in [1.807, 2.05) is 62.4 Å². The van der Waals surface area contributed by atoms with Crippen LogP contribution in [0.5, 0.6) is 0 Å². The van der Waals surface area contributed by atoms with Gasteiger partial charge in [0.05, 0.1) is 0 Å². The Kier molecular flexibility index (Phi) is 6.65. The van der Waals surface area contributed by atoms with Gasteiger partial charge in [0, 0.05) is 25.1 Å². The van der Waals surface area contributed by atoms with E-state index in [2.05, 4.69) is 20.4 Å².